The molecule has 2 heteroatoms. The first-order valence-electron chi connectivity index (χ1n) is 5.72. The van der Waals surface area contributed by atoms with Gasteiger partial charge >= 0.3 is 0 Å². The Kier molecular flexibility index (Phi) is 2.96. The molecule has 0 spiro atoms. The third kappa shape index (κ3) is 2.51. The lowest BCUT2D eigenvalue weighted by Gasteiger charge is -2.42. The van der Waals surface area contributed by atoms with Gasteiger partial charge in [0.25, 0.3) is 0 Å². The molecule has 15 heavy (non-hydrogen) atoms. The van der Waals surface area contributed by atoms with Gasteiger partial charge in [-0.2, -0.15) is 0 Å². The number of hydrogen-bond acceptors (Lipinski definition) is 2. The van der Waals surface area contributed by atoms with E-state index in [2.05, 4.69) is 55.3 Å². The molecule has 1 aliphatic heterocycles. The van der Waals surface area contributed by atoms with Gasteiger partial charge < -0.3 is 5.32 Å². The van der Waals surface area contributed by atoms with Crippen LogP contribution in [-0.4, -0.2) is 30.1 Å². The Hall–Kier alpha value is -1.02. The zero-order chi connectivity index (χ0) is 10.8. The molecule has 0 aliphatic carbocycles. The van der Waals surface area contributed by atoms with Gasteiger partial charge in [-0.3, -0.25) is 4.90 Å². The second kappa shape index (κ2) is 4.23. The molecule has 1 aromatic carbocycles. The van der Waals surface area contributed by atoms with Gasteiger partial charge in [-0.05, 0) is 32.9 Å². The lowest BCUT2D eigenvalue weighted by atomic mass is 10.1. The normalized spacial score (nSPS) is 17.9. The van der Waals surface area contributed by atoms with Gasteiger partial charge in [0, 0.05) is 24.8 Å². The van der Waals surface area contributed by atoms with Crippen LogP contribution in [0.25, 0.3) is 0 Å². The fraction of sp³-hybridized carbons (Fsp3) is 0.538. The zero-order valence-electron chi connectivity index (χ0n) is 9.83. The zero-order valence-corrected chi connectivity index (χ0v) is 9.83. The van der Waals surface area contributed by atoms with E-state index in [9.17, 15) is 0 Å². The molecule has 1 heterocycles. The summed E-state index contributed by atoms with van der Waals surface area (Å²) < 4.78 is 0. The van der Waals surface area contributed by atoms with Gasteiger partial charge in [-0.1, -0.05) is 17.7 Å². The van der Waals surface area contributed by atoms with Crippen molar-refractivity contribution < 1.29 is 0 Å². The Bertz CT molecular complexity index is 310. The fourth-order valence-corrected chi connectivity index (χ4v) is 1.91. The highest BCUT2D eigenvalue weighted by Gasteiger charge is 2.27. The van der Waals surface area contributed by atoms with Crippen molar-refractivity contribution in [2.75, 3.05) is 18.4 Å². The number of hydrogen-bond donors (Lipinski definition) is 1. The second-order valence-corrected chi connectivity index (χ2v) is 4.75. The SMILES string of the molecule is Cc1ccc(NC2CN(C(C)C)C2)cc1. The number of rotatable bonds is 3. The van der Waals surface area contributed by atoms with Crippen molar-refractivity contribution in [2.45, 2.75) is 32.9 Å². The van der Waals surface area contributed by atoms with Crippen LogP contribution >= 0.6 is 0 Å². The summed E-state index contributed by atoms with van der Waals surface area (Å²) in [5.41, 5.74) is 2.56. The molecular weight excluding hydrogens is 184 g/mol. The lowest BCUT2D eigenvalue weighted by molar-refractivity contribution is 0.122. The molecule has 2 nitrogen and oxygen atoms in total. The molecule has 2 rings (SSSR count). The third-order valence-corrected chi connectivity index (χ3v) is 3.06. The molecular formula is C13H20N2. The topological polar surface area (TPSA) is 15.3 Å². The molecule has 0 atom stereocenters. The minimum atomic E-state index is 0.634. The van der Waals surface area contributed by atoms with Crippen LogP contribution in [-0.2, 0) is 0 Å². The van der Waals surface area contributed by atoms with E-state index < -0.39 is 0 Å². The summed E-state index contributed by atoms with van der Waals surface area (Å²) in [5, 5.41) is 3.55. The van der Waals surface area contributed by atoms with E-state index in [0.29, 0.717) is 12.1 Å². The minimum Gasteiger partial charge on any atom is -0.380 e. The fourth-order valence-electron chi connectivity index (χ4n) is 1.91. The Labute approximate surface area is 92.3 Å². The largest absolute Gasteiger partial charge is 0.380 e. The highest BCUT2D eigenvalue weighted by atomic mass is 15.3. The van der Waals surface area contributed by atoms with Crippen molar-refractivity contribution >= 4 is 5.69 Å². The van der Waals surface area contributed by atoms with E-state index >= 15 is 0 Å². The maximum atomic E-state index is 3.55. The third-order valence-electron chi connectivity index (χ3n) is 3.06. The number of nitrogens with zero attached hydrogens (tertiary/aromatic N) is 1. The molecule has 1 N–H and O–H groups in total. The molecule has 0 unspecified atom stereocenters. The van der Waals surface area contributed by atoms with Gasteiger partial charge in [0.15, 0.2) is 0 Å². The molecule has 0 bridgehead atoms. The summed E-state index contributed by atoms with van der Waals surface area (Å²) in [6.07, 6.45) is 0. The monoisotopic (exact) mass is 204 g/mol. The first-order valence-corrected chi connectivity index (χ1v) is 5.72. The molecule has 0 amide bonds. The van der Waals surface area contributed by atoms with E-state index in [-0.39, 0.29) is 0 Å². The standard InChI is InChI=1S/C13H20N2/c1-10(2)15-8-13(9-15)14-12-6-4-11(3)5-7-12/h4-7,10,13-14H,8-9H2,1-3H3. The van der Waals surface area contributed by atoms with E-state index in [1.54, 1.807) is 0 Å². The first-order chi connectivity index (χ1) is 7.15. The quantitative estimate of drug-likeness (QED) is 0.814. The van der Waals surface area contributed by atoms with Crippen molar-refractivity contribution in [3.05, 3.63) is 29.8 Å². The van der Waals surface area contributed by atoms with Gasteiger partial charge in [0.1, 0.15) is 0 Å². The van der Waals surface area contributed by atoms with E-state index in [0.717, 1.165) is 0 Å². The van der Waals surface area contributed by atoms with Crippen LogP contribution in [0.3, 0.4) is 0 Å². The summed E-state index contributed by atoms with van der Waals surface area (Å²) in [6.45, 7) is 8.97. The van der Waals surface area contributed by atoms with Crippen LogP contribution in [0.1, 0.15) is 19.4 Å². The van der Waals surface area contributed by atoms with Crippen LogP contribution in [0, 0.1) is 6.92 Å². The number of anilines is 1. The van der Waals surface area contributed by atoms with Crippen LogP contribution in [0.5, 0.6) is 0 Å². The van der Waals surface area contributed by atoms with E-state index in [1.165, 1.54) is 24.3 Å². The summed E-state index contributed by atoms with van der Waals surface area (Å²) in [5.74, 6) is 0. The van der Waals surface area contributed by atoms with Crippen molar-refractivity contribution in [3.8, 4) is 0 Å². The Morgan fingerprint density at radius 1 is 1.20 bits per heavy atom. The van der Waals surface area contributed by atoms with Crippen molar-refractivity contribution in [1.29, 1.82) is 0 Å². The van der Waals surface area contributed by atoms with Gasteiger partial charge in [0.05, 0.1) is 6.04 Å². The van der Waals surface area contributed by atoms with Gasteiger partial charge in [-0.15, -0.1) is 0 Å². The molecule has 0 aromatic heterocycles. The molecule has 1 fully saturated rings. The molecule has 1 saturated heterocycles. The Balaban J connectivity index is 1.82. The minimum absolute atomic E-state index is 0.634. The van der Waals surface area contributed by atoms with Gasteiger partial charge in [0.2, 0.25) is 0 Å². The smallest absolute Gasteiger partial charge is 0.0515 e. The summed E-state index contributed by atoms with van der Waals surface area (Å²) in [7, 11) is 0. The number of benzene rings is 1. The summed E-state index contributed by atoms with van der Waals surface area (Å²) in [4.78, 5) is 2.48. The highest BCUT2D eigenvalue weighted by Crippen LogP contribution is 2.17. The first kappa shape index (κ1) is 10.5. The van der Waals surface area contributed by atoms with Crippen LogP contribution < -0.4 is 5.32 Å². The van der Waals surface area contributed by atoms with Crippen molar-refractivity contribution in [2.24, 2.45) is 0 Å². The lowest BCUT2D eigenvalue weighted by Crippen LogP contribution is -2.57. The number of aryl methyl sites for hydroxylation is 1. The Morgan fingerprint density at radius 2 is 1.80 bits per heavy atom. The molecule has 82 valence electrons. The maximum Gasteiger partial charge on any atom is 0.0515 e. The molecule has 1 aromatic rings. The average Bonchev–Trinajstić information content (AvgIpc) is 2.13. The number of likely N-dealkylation sites (tertiary alicyclic amines) is 1. The van der Waals surface area contributed by atoms with Crippen molar-refractivity contribution in [1.82, 2.24) is 4.90 Å². The summed E-state index contributed by atoms with van der Waals surface area (Å²) >= 11 is 0. The average molecular weight is 204 g/mol. The predicted octanol–water partition coefficient (Wildman–Crippen LogP) is 2.50. The Morgan fingerprint density at radius 3 is 2.33 bits per heavy atom. The highest BCUT2D eigenvalue weighted by molar-refractivity contribution is 5.45. The van der Waals surface area contributed by atoms with Crippen molar-refractivity contribution in [3.63, 3.8) is 0 Å². The summed E-state index contributed by atoms with van der Waals surface area (Å²) in [6, 6.07) is 9.94. The van der Waals surface area contributed by atoms with Crippen LogP contribution in [0.2, 0.25) is 0 Å². The van der Waals surface area contributed by atoms with E-state index in [4.69, 9.17) is 0 Å². The van der Waals surface area contributed by atoms with Crippen LogP contribution in [0.15, 0.2) is 24.3 Å². The molecule has 0 saturated carbocycles. The second-order valence-electron chi connectivity index (χ2n) is 4.75. The van der Waals surface area contributed by atoms with Crippen LogP contribution in [0.4, 0.5) is 5.69 Å². The number of nitrogens with one attached hydrogen (secondary N) is 1. The molecule has 1 aliphatic rings. The maximum absolute atomic E-state index is 3.55. The predicted molar refractivity (Wildman–Crippen MR) is 65.3 cm³/mol. The van der Waals surface area contributed by atoms with Gasteiger partial charge in [-0.25, -0.2) is 0 Å². The molecule has 0 radical (unpaired) electrons. The van der Waals surface area contributed by atoms with E-state index in [1.807, 2.05) is 0 Å².